The molecule has 2 heterocycles. The number of urea groups is 1. The van der Waals surface area contributed by atoms with Crippen LogP contribution in [0.2, 0.25) is 0 Å². The number of likely N-dealkylation sites (tertiary alicyclic amines) is 1. The third-order valence-corrected chi connectivity index (χ3v) is 7.49. The Kier molecular flexibility index (Phi) is 6.80. The summed E-state index contributed by atoms with van der Waals surface area (Å²) in [6, 6.07) is 17.0. The van der Waals surface area contributed by atoms with Crippen LogP contribution in [0.4, 0.5) is 16.2 Å². The smallest absolute Gasteiger partial charge is 0.319 e. The Hall–Kier alpha value is -3.66. The summed E-state index contributed by atoms with van der Waals surface area (Å²) in [5.74, 6) is 3.29. The molecule has 7 heteroatoms. The third kappa shape index (κ3) is 4.79. The molecule has 182 valence electrons. The van der Waals surface area contributed by atoms with Gasteiger partial charge < -0.3 is 25.6 Å². The minimum absolute atomic E-state index is 0.0307. The minimum atomic E-state index is -0.262. The van der Waals surface area contributed by atoms with Crippen molar-refractivity contribution in [3.05, 3.63) is 60.2 Å². The van der Waals surface area contributed by atoms with Gasteiger partial charge in [0.2, 0.25) is 5.91 Å². The molecule has 3 N–H and O–H groups in total. The summed E-state index contributed by atoms with van der Waals surface area (Å²) in [5, 5.41) is 9.54. The fourth-order valence-corrected chi connectivity index (χ4v) is 5.91. The van der Waals surface area contributed by atoms with Gasteiger partial charge in [0.05, 0.1) is 25.1 Å². The van der Waals surface area contributed by atoms with Crippen molar-refractivity contribution in [3.8, 4) is 12.0 Å². The second-order valence-electron chi connectivity index (χ2n) is 9.55. The summed E-state index contributed by atoms with van der Waals surface area (Å²) >= 11 is 0. The van der Waals surface area contributed by atoms with Gasteiger partial charge in [-0.3, -0.25) is 4.79 Å². The predicted octanol–water partition coefficient (Wildman–Crippen LogP) is 4.36. The molecule has 2 fully saturated rings. The second-order valence-corrected chi connectivity index (χ2v) is 9.55. The van der Waals surface area contributed by atoms with Crippen LogP contribution < -0.4 is 16.0 Å². The van der Waals surface area contributed by atoms with Crippen LogP contribution in [0.3, 0.4) is 0 Å². The Morgan fingerprint density at radius 1 is 1.03 bits per heavy atom. The lowest BCUT2D eigenvalue weighted by molar-refractivity contribution is -0.138. The van der Waals surface area contributed by atoms with Gasteiger partial charge in [-0.25, -0.2) is 4.79 Å². The number of carbonyl (C=O) groups is 2. The SMILES string of the molecule is COC#CC1Nc2ccccc2[C@H]2[C@@H]1CCN2C(=O)[C@H]1CCCC[C@H]1NC(=O)Nc1ccccc1. The van der Waals surface area contributed by atoms with Crippen LogP contribution in [0.15, 0.2) is 54.6 Å². The maximum atomic E-state index is 14.0. The molecule has 1 saturated carbocycles. The molecule has 35 heavy (non-hydrogen) atoms. The number of rotatable bonds is 3. The van der Waals surface area contributed by atoms with E-state index in [2.05, 4.69) is 34.0 Å². The molecule has 2 aliphatic heterocycles. The fourth-order valence-electron chi connectivity index (χ4n) is 5.91. The third-order valence-electron chi connectivity index (χ3n) is 7.49. The van der Waals surface area contributed by atoms with Gasteiger partial charge in [0.15, 0.2) is 0 Å². The molecule has 2 aromatic carbocycles. The Morgan fingerprint density at radius 3 is 2.63 bits per heavy atom. The Balaban J connectivity index is 1.35. The Morgan fingerprint density at radius 2 is 1.80 bits per heavy atom. The molecule has 3 amide bonds. The molecular formula is C28H32N4O3. The topological polar surface area (TPSA) is 82.7 Å². The van der Waals surface area contributed by atoms with Gasteiger partial charge in [-0.2, -0.15) is 0 Å². The number of nitrogens with one attached hydrogen (secondary N) is 3. The number of amides is 3. The van der Waals surface area contributed by atoms with Crippen molar-refractivity contribution in [1.82, 2.24) is 10.2 Å². The lowest BCUT2D eigenvalue weighted by atomic mass is 9.81. The number of fused-ring (bicyclic) bond motifs is 3. The molecule has 0 aromatic heterocycles. The van der Waals surface area contributed by atoms with Gasteiger partial charge in [0.1, 0.15) is 6.11 Å². The van der Waals surface area contributed by atoms with Crippen molar-refractivity contribution in [3.63, 3.8) is 0 Å². The monoisotopic (exact) mass is 472 g/mol. The normalized spacial score (nSPS) is 26.8. The van der Waals surface area contributed by atoms with E-state index in [1.54, 1.807) is 7.11 Å². The summed E-state index contributed by atoms with van der Waals surface area (Å²) in [7, 11) is 1.57. The van der Waals surface area contributed by atoms with Crippen molar-refractivity contribution in [2.24, 2.45) is 11.8 Å². The summed E-state index contributed by atoms with van der Waals surface area (Å²) < 4.78 is 5.02. The quantitative estimate of drug-likeness (QED) is 0.580. The molecular weight excluding hydrogens is 440 g/mol. The zero-order chi connectivity index (χ0) is 24.2. The highest BCUT2D eigenvalue weighted by Gasteiger charge is 2.47. The van der Waals surface area contributed by atoms with Crippen LogP contribution in [-0.4, -0.2) is 42.6 Å². The van der Waals surface area contributed by atoms with E-state index < -0.39 is 0 Å². The number of hydrogen-bond donors (Lipinski definition) is 3. The number of hydrogen-bond acceptors (Lipinski definition) is 4. The number of nitrogens with zero attached hydrogens (tertiary/aromatic N) is 1. The van der Waals surface area contributed by atoms with E-state index in [-0.39, 0.29) is 41.9 Å². The van der Waals surface area contributed by atoms with Gasteiger partial charge in [-0.15, -0.1) is 0 Å². The minimum Gasteiger partial charge on any atom is -0.450 e. The van der Waals surface area contributed by atoms with Crippen molar-refractivity contribution >= 4 is 23.3 Å². The average molecular weight is 473 g/mol. The maximum Gasteiger partial charge on any atom is 0.319 e. The van der Waals surface area contributed by atoms with E-state index in [9.17, 15) is 9.59 Å². The number of carbonyl (C=O) groups excluding carboxylic acids is 2. The number of ether oxygens (including phenoxy) is 1. The van der Waals surface area contributed by atoms with Crippen LogP contribution in [-0.2, 0) is 9.53 Å². The van der Waals surface area contributed by atoms with Gasteiger partial charge >= 0.3 is 6.03 Å². The predicted molar refractivity (Wildman–Crippen MR) is 136 cm³/mol. The Bertz CT molecular complexity index is 1130. The van der Waals surface area contributed by atoms with Gasteiger partial charge in [0, 0.05) is 29.9 Å². The number of benzene rings is 2. The fraction of sp³-hybridized carbons (Fsp3) is 0.429. The highest BCUT2D eigenvalue weighted by Crippen LogP contribution is 2.47. The first-order valence-electron chi connectivity index (χ1n) is 12.5. The molecule has 7 nitrogen and oxygen atoms in total. The van der Waals surface area contributed by atoms with Gasteiger partial charge in [-0.1, -0.05) is 49.2 Å². The molecule has 1 aliphatic carbocycles. The van der Waals surface area contributed by atoms with Crippen molar-refractivity contribution in [2.45, 2.75) is 50.2 Å². The molecule has 2 aromatic rings. The lowest BCUT2D eigenvalue weighted by Gasteiger charge is -2.40. The first-order chi connectivity index (χ1) is 17.2. The highest BCUT2D eigenvalue weighted by molar-refractivity contribution is 5.90. The van der Waals surface area contributed by atoms with Gasteiger partial charge in [-0.05, 0) is 48.9 Å². The molecule has 5 atom stereocenters. The first kappa shape index (κ1) is 23.1. The van der Waals surface area contributed by atoms with Crippen LogP contribution in [0, 0.1) is 23.9 Å². The van der Waals surface area contributed by atoms with Crippen molar-refractivity contribution in [2.75, 3.05) is 24.3 Å². The van der Waals surface area contributed by atoms with E-state index in [0.717, 1.165) is 49.0 Å². The highest BCUT2D eigenvalue weighted by atomic mass is 16.5. The molecule has 5 rings (SSSR count). The number of anilines is 2. The van der Waals surface area contributed by atoms with Crippen LogP contribution in [0.1, 0.15) is 43.7 Å². The Labute approximate surface area is 206 Å². The summed E-state index contributed by atoms with van der Waals surface area (Å²) in [6.07, 6.45) is 7.22. The van der Waals surface area contributed by atoms with E-state index in [4.69, 9.17) is 4.74 Å². The largest absolute Gasteiger partial charge is 0.450 e. The summed E-state index contributed by atoms with van der Waals surface area (Å²) in [6.45, 7) is 0.689. The van der Waals surface area contributed by atoms with Crippen molar-refractivity contribution in [1.29, 1.82) is 0 Å². The lowest BCUT2D eigenvalue weighted by Crippen LogP contribution is -2.51. The van der Waals surface area contributed by atoms with E-state index in [1.165, 1.54) is 0 Å². The maximum absolute atomic E-state index is 14.0. The summed E-state index contributed by atoms with van der Waals surface area (Å²) in [4.78, 5) is 28.8. The standard InChI is InChI=1S/C28H32N4O3/c1-35-18-16-25-21-15-17-32(26(21)20-11-5-7-13-23(20)30-25)27(33)22-12-6-8-14-24(22)31-28(34)29-19-9-3-2-4-10-19/h2-5,7,9-11,13,21-22,24-26,30H,6,8,12,14-15,17H2,1H3,(H2,29,31,34)/t21-,22+,24-,25?,26+/m1/s1. The molecule has 0 radical (unpaired) electrons. The van der Waals surface area contributed by atoms with Crippen molar-refractivity contribution < 1.29 is 14.3 Å². The van der Waals surface area contributed by atoms with E-state index in [0.29, 0.717) is 6.54 Å². The summed E-state index contributed by atoms with van der Waals surface area (Å²) in [5.41, 5.74) is 2.89. The van der Waals surface area contributed by atoms with Crippen LogP contribution in [0.5, 0.6) is 0 Å². The van der Waals surface area contributed by atoms with Crippen LogP contribution >= 0.6 is 0 Å². The zero-order valence-corrected chi connectivity index (χ0v) is 20.0. The number of para-hydroxylation sites is 2. The zero-order valence-electron chi connectivity index (χ0n) is 20.0. The molecule has 0 spiro atoms. The molecule has 1 saturated heterocycles. The second kappa shape index (κ2) is 10.3. The van der Waals surface area contributed by atoms with Gasteiger partial charge in [0.25, 0.3) is 0 Å². The number of methoxy groups -OCH3 is 1. The molecule has 1 unspecified atom stereocenters. The average Bonchev–Trinajstić information content (AvgIpc) is 3.33. The molecule has 0 bridgehead atoms. The van der Waals surface area contributed by atoms with E-state index in [1.807, 2.05) is 53.4 Å². The van der Waals surface area contributed by atoms with E-state index >= 15 is 0 Å². The van der Waals surface area contributed by atoms with Crippen LogP contribution in [0.25, 0.3) is 0 Å². The first-order valence-corrected chi connectivity index (χ1v) is 12.5. The molecule has 3 aliphatic rings.